The average molecular weight is 325 g/mol. The molecule has 0 amide bonds. The summed E-state index contributed by atoms with van der Waals surface area (Å²) in [6, 6.07) is 8.54. The molecule has 0 saturated carbocycles. The van der Waals surface area contributed by atoms with E-state index in [0.29, 0.717) is 11.1 Å². The van der Waals surface area contributed by atoms with Crippen molar-refractivity contribution >= 4 is 17.0 Å². The van der Waals surface area contributed by atoms with Crippen molar-refractivity contribution in [1.82, 2.24) is 14.4 Å². The van der Waals surface area contributed by atoms with Crippen molar-refractivity contribution in [2.75, 3.05) is 0 Å². The molecule has 1 N–H and O–H groups in total. The van der Waals surface area contributed by atoms with Crippen LogP contribution in [0, 0.1) is 5.82 Å². The third-order valence-electron chi connectivity index (χ3n) is 3.69. The number of aliphatic hydroxyl groups is 1. The Balaban J connectivity index is 1.85. The zero-order valence-corrected chi connectivity index (χ0v) is 12.8. The van der Waals surface area contributed by atoms with E-state index in [1.807, 2.05) is 34.3 Å². The van der Waals surface area contributed by atoms with E-state index < -0.39 is 5.82 Å². The molecule has 0 aliphatic carbocycles. The van der Waals surface area contributed by atoms with Gasteiger partial charge in [0.15, 0.2) is 0 Å². The van der Waals surface area contributed by atoms with Crippen molar-refractivity contribution in [1.29, 1.82) is 0 Å². The van der Waals surface area contributed by atoms with Gasteiger partial charge >= 0.3 is 0 Å². The summed E-state index contributed by atoms with van der Waals surface area (Å²) in [6.45, 7) is -0.339. The second-order valence-corrected chi connectivity index (χ2v) is 5.97. The molecule has 0 unspecified atom stereocenters. The van der Waals surface area contributed by atoms with Gasteiger partial charge in [-0.05, 0) is 29.3 Å². The lowest BCUT2D eigenvalue weighted by atomic mass is 10.0. The van der Waals surface area contributed by atoms with E-state index in [1.54, 1.807) is 18.3 Å². The summed E-state index contributed by atoms with van der Waals surface area (Å²) in [5, 5.41) is 12.2. The molecule has 3 aromatic heterocycles. The molecule has 0 bridgehead atoms. The predicted octanol–water partition coefficient (Wildman–Crippen LogP) is 3.76. The van der Waals surface area contributed by atoms with E-state index >= 15 is 0 Å². The Labute approximate surface area is 135 Å². The van der Waals surface area contributed by atoms with Gasteiger partial charge in [0.25, 0.3) is 0 Å². The van der Waals surface area contributed by atoms with Crippen LogP contribution in [0.2, 0.25) is 0 Å². The molecule has 0 spiro atoms. The van der Waals surface area contributed by atoms with Crippen LogP contribution >= 0.6 is 11.3 Å². The number of aliphatic hydroxyl groups excluding tert-OH is 1. The van der Waals surface area contributed by atoms with Crippen LogP contribution in [0.1, 0.15) is 5.56 Å². The third kappa shape index (κ3) is 2.42. The second-order valence-electron chi connectivity index (χ2n) is 5.07. The fraction of sp³-hybridized carbons (Fsp3) is 0.0588. The number of fused-ring (bicyclic) bond motifs is 1. The third-order valence-corrected chi connectivity index (χ3v) is 4.49. The SMILES string of the molecule is OCc1c(F)cccc1-c1ccc2nc(-c3nccs3)cn2c1. The molecule has 3 heterocycles. The molecule has 4 rings (SSSR count). The van der Waals surface area contributed by atoms with Crippen LogP contribution < -0.4 is 0 Å². The van der Waals surface area contributed by atoms with E-state index in [-0.39, 0.29) is 6.61 Å². The Morgan fingerprint density at radius 1 is 1.17 bits per heavy atom. The number of thiazole rings is 1. The largest absolute Gasteiger partial charge is 0.392 e. The summed E-state index contributed by atoms with van der Waals surface area (Å²) in [6.07, 6.45) is 5.53. The van der Waals surface area contributed by atoms with Crippen molar-refractivity contribution < 1.29 is 9.50 Å². The standard InChI is InChI=1S/C17H12FN3OS/c18-14-3-1-2-12(13(14)10-22)11-4-5-16-20-15(9-21(16)8-11)17-19-6-7-23-17/h1-9,22H,10H2. The summed E-state index contributed by atoms with van der Waals surface area (Å²) in [5.74, 6) is -0.404. The summed E-state index contributed by atoms with van der Waals surface area (Å²) in [4.78, 5) is 8.80. The first-order valence-corrected chi connectivity index (χ1v) is 7.91. The van der Waals surface area contributed by atoms with Crippen molar-refractivity contribution in [3.05, 3.63) is 65.7 Å². The number of imidazole rings is 1. The lowest BCUT2D eigenvalue weighted by Gasteiger charge is -2.09. The Morgan fingerprint density at radius 3 is 2.87 bits per heavy atom. The number of pyridine rings is 1. The maximum atomic E-state index is 13.9. The van der Waals surface area contributed by atoms with Crippen LogP contribution in [0.25, 0.3) is 27.5 Å². The normalized spacial score (nSPS) is 11.2. The van der Waals surface area contributed by atoms with Crippen molar-refractivity contribution in [2.24, 2.45) is 0 Å². The first-order chi connectivity index (χ1) is 11.3. The van der Waals surface area contributed by atoms with Gasteiger partial charge in [-0.1, -0.05) is 12.1 Å². The Kier molecular flexibility index (Phi) is 3.40. The van der Waals surface area contributed by atoms with Crippen molar-refractivity contribution in [3.63, 3.8) is 0 Å². The van der Waals surface area contributed by atoms with Gasteiger partial charge in [-0.15, -0.1) is 11.3 Å². The number of hydrogen-bond donors (Lipinski definition) is 1. The van der Waals surface area contributed by atoms with E-state index in [0.717, 1.165) is 21.9 Å². The van der Waals surface area contributed by atoms with E-state index in [2.05, 4.69) is 9.97 Å². The van der Waals surface area contributed by atoms with Crippen LogP contribution in [0.15, 0.2) is 54.3 Å². The molecule has 6 heteroatoms. The molecule has 0 atom stereocenters. The van der Waals surface area contributed by atoms with Crippen LogP contribution in [0.3, 0.4) is 0 Å². The van der Waals surface area contributed by atoms with Crippen LogP contribution in [0.4, 0.5) is 4.39 Å². The molecular weight excluding hydrogens is 313 g/mol. The Hall–Kier alpha value is -2.57. The number of rotatable bonds is 3. The van der Waals surface area contributed by atoms with Crippen LogP contribution in [0.5, 0.6) is 0 Å². The predicted molar refractivity (Wildman–Crippen MR) is 87.6 cm³/mol. The van der Waals surface area contributed by atoms with Gasteiger partial charge in [-0.25, -0.2) is 14.4 Å². The lowest BCUT2D eigenvalue weighted by molar-refractivity contribution is 0.276. The van der Waals surface area contributed by atoms with Crippen LogP contribution in [-0.2, 0) is 6.61 Å². The zero-order chi connectivity index (χ0) is 15.8. The minimum atomic E-state index is -0.404. The first kappa shape index (κ1) is 14.0. The zero-order valence-electron chi connectivity index (χ0n) is 12.0. The van der Waals surface area contributed by atoms with Gasteiger partial charge in [0, 0.05) is 29.5 Å². The highest BCUT2D eigenvalue weighted by Crippen LogP contribution is 2.28. The van der Waals surface area contributed by atoms with E-state index in [1.165, 1.54) is 17.4 Å². The number of benzene rings is 1. The number of nitrogens with zero attached hydrogens (tertiary/aromatic N) is 3. The Bertz CT molecular complexity index is 979. The molecule has 0 radical (unpaired) electrons. The lowest BCUT2D eigenvalue weighted by Crippen LogP contribution is -1.95. The minimum Gasteiger partial charge on any atom is -0.392 e. The van der Waals surface area contributed by atoms with Crippen molar-refractivity contribution in [2.45, 2.75) is 6.61 Å². The summed E-state index contributed by atoms with van der Waals surface area (Å²) < 4.78 is 15.7. The minimum absolute atomic E-state index is 0.298. The topological polar surface area (TPSA) is 50.4 Å². The smallest absolute Gasteiger partial charge is 0.143 e. The molecule has 114 valence electrons. The van der Waals surface area contributed by atoms with Gasteiger partial charge in [0.05, 0.1) is 6.61 Å². The van der Waals surface area contributed by atoms with Gasteiger partial charge in [-0.2, -0.15) is 0 Å². The number of aromatic nitrogens is 3. The van der Waals surface area contributed by atoms with Gasteiger partial charge in [0.2, 0.25) is 0 Å². The number of hydrogen-bond acceptors (Lipinski definition) is 4. The highest BCUT2D eigenvalue weighted by molar-refractivity contribution is 7.13. The second kappa shape index (κ2) is 5.57. The quantitative estimate of drug-likeness (QED) is 0.624. The van der Waals surface area contributed by atoms with Gasteiger partial charge < -0.3 is 9.51 Å². The molecule has 4 nitrogen and oxygen atoms in total. The first-order valence-electron chi connectivity index (χ1n) is 7.03. The summed E-state index contributed by atoms with van der Waals surface area (Å²) in [7, 11) is 0. The molecule has 1 aromatic carbocycles. The average Bonchev–Trinajstić information content (AvgIpc) is 3.22. The maximum Gasteiger partial charge on any atom is 0.143 e. The molecule has 23 heavy (non-hydrogen) atoms. The number of halogens is 1. The highest BCUT2D eigenvalue weighted by Gasteiger charge is 2.11. The van der Waals surface area contributed by atoms with Gasteiger partial charge in [0.1, 0.15) is 22.2 Å². The highest BCUT2D eigenvalue weighted by atomic mass is 32.1. The summed E-state index contributed by atoms with van der Waals surface area (Å²) >= 11 is 1.53. The van der Waals surface area contributed by atoms with E-state index in [9.17, 15) is 9.50 Å². The fourth-order valence-electron chi connectivity index (χ4n) is 2.59. The molecular formula is C17H12FN3OS. The maximum absolute atomic E-state index is 13.9. The molecule has 0 saturated heterocycles. The monoisotopic (exact) mass is 325 g/mol. The molecule has 0 aliphatic rings. The molecule has 4 aromatic rings. The fourth-order valence-corrected chi connectivity index (χ4v) is 3.19. The van der Waals surface area contributed by atoms with E-state index in [4.69, 9.17) is 0 Å². The summed E-state index contributed by atoms with van der Waals surface area (Å²) in [5.41, 5.74) is 3.40. The molecule has 0 fully saturated rings. The van der Waals surface area contributed by atoms with Gasteiger partial charge in [-0.3, -0.25) is 0 Å². The van der Waals surface area contributed by atoms with Crippen molar-refractivity contribution in [3.8, 4) is 21.8 Å². The Morgan fingerprint density at radius 2 is 2.09 bits per heavy atom. The molecule has 0 aliphatic heterocycles. The van der Waals surface area contributed by atoms with Crippen LogP contribution in [-0.4, -0.2) is 19.5 Å².